The number of hydrogen-bond acceptors (Lipinski definition) is 3. The normalized spacial score (nSPS) is 12.4. The van der Waals surface area contributed by atoms with Crippen molar-refractivity contribution in [3.63, 3.8) is 0 Å². The van der Waals surface area contributed by atoms with E-state index in [1.807, 2.05) is 13.8 Å². The molecule has 0 N–H and O–H groups in total. The molecule has 0 heterocycles. The van der Waals surface area contributed by atoms with Gasteiger partial charge in [-0.25, -0.2) is 0 Å². The van der Waals surface area contributed by atoms with Gasteiger partial charge in [-0.3, -0.25) is 4.79 Å². The van der Waals surface area contributed by atoms with E-state index in [0.717, 1.165) is 12.8 Å². The van der Waals surface area contributed by atoms with E-state index in [0.29, 0.717) is 12.9 Å². The standard InChI is InChI=1S/C12H26BO3Si/c1-7-8-9-15-11(14)12(2,3)10-13-16-17(4,5)6/h7-10H2,1-6H3. The molecule has 5 heteroatoms. The molecule has 1 radical (unpaired) electrons. The highest BCUT2D eigenvalue weighted by Crippen LogP contribution is 2.23. The second kappa shape index (κ2) is 7.21. The van der Waals surface area contributed by atoms with E-state index in [-0.39, 0.29) is 5.97 Å². The van der Waals surface area contributed by atoms with Gasteiger partial charge in [0.15, 0.2) is 8.32 Å². The van der Waals surface area contributed by atoms with Crippen LogP contribution >= 0.6 is 0 Å². The molecule has 0 aliphatic rings. The molecule has 0 unspecified atom stereocenters. The Morgan fingerprint density at radius 1 is 1.29 bits per heavy atom. The van der Waals surface area contributed by atoms with Gasteiger partial charge in [0.1, 0.15) is 0 Å². The van der Waals surface area contributed by atoms with Crippen molar-refractivity contribution in [3.8, 4) is 0 Å². The Balaban J connectivity index is 3.96. The van der Waals surface area contributed by atoms with Crippen molar-refractivity contribution in [3.05, 3.63) is 0 Å². The van der Waals surface area contributed by atoms with Crippen LogP contribution in [0.5, 0.6) is 0 Å². The van der Waals surface area contributed by atoms with E-state index in [1.165, 1.54) is 0 Å². The summed E-state index contributed by atoms with van der Waals surface area (Å²) < 4.78 is 10.9. The lowest BCUT2D eigenvalue weighted by molar-refractivity contribution is -0.153. The Kier molecular flexibility index (Phi) is 7.09. The van der Waals surface area contributed by atoms with Gasteiger partial charge in [-0.2, -0.15) is 0 Å². The first-order valence-corrected chi connectivity index (χ1v) is 9.76. The zero-order valence-electron chi connectivity index (χ0n) is 12.1. The molecule has 0 rings (SSSR count). The van der Waals surface area contributed by atoms with E-state index < -0.39 is 13.7 Å². The van der Waals surface area contributed by atoms with E-state index in [2.05, 4.69) is 26.6 Å². The fourth-order valence-electron chi connectivity index (χ4n) is 1.09. The summed E-state index contributed by atoms with van der Waals surface area (Å²) >= 11 is 0. The minimum absolute atomic E-state index is 0.138. The molecular formula is C12H26BO3Si. The molecule has 0 amide bonds. The van der Waals surface area contributed by atoms with Crippen LogP contribution in [0.1, 0.15) is 33.6 Å². The lowest BCUT2D eigenvalue weighted by Crippen LogP contribution is -2.33. The van der Waals surface area contributed by atoms with Gasteiger partial charge in [-0.1, -0.05) is 13.3 Å². The molecule has 0 aliphatic heterocycles. The fraction of sp³-hybridized carbons (Fsp3) is 0.917. The van der Waals surface area contributed by atoms with Crippen LogP contribution in [0.15, 0.2) is 0 Å². The van der Waals surface area contributed by atoms with Gasteiger partial charge in [-0.15, -0.1) is 0 Å². The summed E-state index contributed by atoms with van der Waals surface area (Å²) in [6.07, 6.45) is 2.57. The van der Waals surface area contributed by atoms with Crippen LogP contribution in [-0.4, -0.2) is 28.4 Å². The number of ether oxygens (including phenoxy) is 1. The van der Waals surface area contributed by atoms with Crippen LogP contribution in [0.3, 0.4) is 0 Å². The molecule has 0 spiro atoms. The van der Waals surface area contributed by atoms with E-state index in [4.69, 9.17) is 9.08 Å². The first-order chi connectivity index (χ1) is 7.69. The predicted molar refractivity (Wildman–Crippen MR) is 74.6 cm³/mol. The first kappa shape index (κ1) is 16.7. The van der Waals surface area contributed by atoms with Crippen LogP contribution in [-0.2, 0) is 13.9 Å². The number of esters is 1. The summed E-state index contributed by atoms with van der Waals surface area (Å²) in [5, 5.41) is 0. The highest BCUT2D eigenvalue weighted by Gasteiger charge is 2.30. The third-order valence-electron chi connectivity index (χ3n) is 2.31. The van der Waals surface area contributed by atoms with E-state index in [9.17, 15) is 4.79 Å². The number of unbranched alkanes of at least 4 members (excludes halogenated alkanes) is 1. The molecule has 0 atom stereocenters. The third-order valence-corrected chi connectivity index (χ3v) is 3.19. The largest absolute Gasteiger partial charge is 0.480 e. The smallest absolute Gasteiger partial charge is 0.310 e. The summed E-state index contributed by atoms with van der Waals surface area (Å²) in [4.78, 5) is 11.8. The number of rotatable bonds is 8. The van der Waals surface area contributed by atoms with E-state index >= 15 is 0 Å². The molecule has 0 aromatic rings. The van der Waals surface area contributed by atoms with Crippen LogP contribution in [0.2, 0.25) is 26.0 Å². The molecule has 3 nitrogen and oxygen atoms in total. The highest BCUT2D eigenvalue weighted by atomic mass is 28.4. The van der Waals surface area contributed by atoms with Crippen LogP contribution in [0, 0.1) is 5.41 Å². The Bertz CT molecular complexity index is 236. The summed E-state index contributed by atoms with van der Waals surface area (Å²) in [6.45, 7) is 12.8. The average Bonchev–Trinajstić information content (AvgIpc) is 2.15. The monoisotopic (exact) mass is 257 g/mol. The predicted octanol–water partition coefficient (Wildman–Crippen LogP) is 3.24. The lowest BCUT2D eigenvalue weighted by atomic mass is 9.75. The maximum absolute atomic E-state index is 11.8. The third kappa shape index (κ3) is 8.44. The molecular weight excluding hydrogens is 231 g/mol. The number of carbonyl (C=O) groups is 1. The summed E-state index contributed by atoms with van der Waals surface area (Å²) in [7, 11) is 0.241. The zero-order valence-corrected chi connectivity index (χ0v) is 13.1. The molecule has 17 heavy (non-hydrogen) atoms. The van der Waals surface area contributed by atoms with Gasteiger partial charge >= 0.3 is 5.97 Å². The molecule has 0 saturated heterocycles. The highest BCUT2D eigenvalue weighted by molar-refractivity contribution is 6.73. The Labute approximate surface area is 108 Å². The molecule has 0 aromatic carbocycles. The van der Waals surface area contributed by atoms with Crippen LogP contribution < -0.4 is 0 Å². The maximum Gasteiger partial charge on any atom is 0.310 e. The zero-order chi connectivity index (χ0) is 13.5. The molecule has 0 aromatic heterocycles. The topological polar surface area (TPSA) is 35.5 Å². The van der Waals surface area contributed by atoms with Gasteiger partial charge < -0.3 is 9.08 Å². The SMILES string of the molecule is CCCCOC(=O)C(C)(C)C[B]O[Si](C)(C)C. The van der Waals surface area contributed by atoms with Gasteiger partial charge in [-0.05, 0) is 46.2 Å². The Hall–Kier alpha value is -0.288. The van der Waals surface area contributed by atoms with Gasteiger partial charge in [0.25, 0.3) is 7.48 Å². The maximum atomic E-state index is 11.8. The van der Waals surface area contributed by atoms with Gasteiger partial charge in [0, 0.05) is 0 Å². The molecule has 99 valence electrons. The second-order valence-corrected chi connectivity index (χ2v) is 10.4. The average molecular weight is 257 g/mol. The molecule has 0 bridgehead atoms. The van der Waals surface area contributed by atoms with E-state index in [1.54, 1.807) is 7.48 Å². The Morgan fingerprint density at radius 2 is 1.88 bits per heavy atom. The second-order valence-electron chi connectivity index (χ2n) is 5.97. The lowest BCUT2D eigenvalue weighted by Gasteiger charge is -2.24. The number of carbonyl (C=O) groups excluding carboxylic acids is 1. The van der Waals surface area contributed by atoms with Gasteiger partial charge in [0.2, 0.25) is 0 Å². The quantitative estimate of drug-likeness (QED) is 0.380. The minimum atomic E-state index is -1.53. The molecule has 0 aliphatic carbocycles. The van der Waals surface area contributed by atoms with Crippen molar-refractivity contribution in [2.75, 3.05) is 6.61 Å². The van der Waals surface area contributed by atoms with Crippen molar-refractivity contribution >= 4 is 21.8 Å². The van der Waals surface area contributed by atoms with Gasteiger partial charge in [0.05, 0.1) is 12.0 Å². The summed E-state index contributed by atoms with van der Waals surface area (Å²) in [5.74, 6) is -0.138. The minimum Gasteiger partial charge on any atom is -0.480 e. The van der Waals surface area contributed by atoms with Crippen molar-refractivity contribution in [1.82, 2.24) is 0 Å². The molecule has 0 fully saturated rings. The van der Waals surface area contributed by atoms with Crippen molar-refractivity contribution < 1.29 is 13.9 Å². The summed E-state index contributed by atoms with van der Waals surface area (Å²) in [6, 6.07) is 0. The summed E-state index contributed by atoms with van der Waals surface area (Å²) in [5.41, 5.74) is -0.493. The fourth-order valence-corrected chi connectivity index (χ4v) is 1.67. The van der Waals surface area contributed by atoms with Crippen LogP contribution in [0.25, 0.3) is 0 Å². The van der Waals surface area contributed by atoms with Crippen molar-refractivity contribution in [2.24, 2.45) is 5.41 Å². The molecule has 0 saturated carbocycles. The van der Waals surface area contributed by atoms with Crippen molar-refractivity contribution in [2.45, 2.75) is 59.6 Å². The van der Waals surface area contributed by atoms with Crippen molar-refractivity contribution in [1.29, 1.82) is 0 Å². The Morgan fingerprint density at radius 3 is 2.35 bits per heavy atom. The number of hydrogen-bond donors (Lipinski definition) is 0. The first-order valence-electron chi connectivity index (χ1n) is 6.36. The van der Waals surface area contributed by atoms with Crippen LogP contribution in [0.4, 0.5) is 0 Å².